The van der Waals surface area contributed by atoms with E-state index in [1.54, 1.807) is 0 Å². The van der Waals surface area contributed by atoms with Crippen molar-refractivity contribution in [1.29, 1.82) is 0 Å². The van der Waals surface area contributed by atoms with Crippen molar-refractivity contribution in [3.63, 3.8) is 0 Å². The Bertz CT molecular complexity index is 1030. The Kier molecular flexibility index (Phi) is 8.21. The molecule has 0 radical (unpaired) electrons. The Hall–Kier alpha value is -3.15. The zero-order chi connectivity index (χ0) is 22.1. The predicted molar refractivity (Wildman–Crippen MR) is 130 cm³/mol. The first-order valence-electron chi connectivity index (χ1n) is 11.3. The van der Waals surface area contributed by atoms with E-state index in [0.29, 0.717) is 0 Å². The van der Waals surface area contributed by atoms with Crippen LogP contribution in [0.4, 0.5) is 0 Å². The molecule has 0 unspecified atom stereocenters. The molecule has 0 fully saturated rings. The SMILES string of the molecule is CCCCN=C(NCCCC)N/N=C/c1ccc(-c2c[n+]3ccc(C)cc3n2C)cc1. The molecule has 31 heavy (non-hydrogen) atoms. The molecule has 0 atom stereocenters. The van der Waals surface area contributed by atoms with E-state index in [4.69, 9.17) is 0 Å². The van der Waals surface area contributed by atoms with Gasteiger partial charge in [0.25, 0.3) is 5.65 Å². The third-order valence-electron chi connectivity index (χ3n) is 5.28. The molecule has 3 rings (SSSR count). The van der Waals surface area contributed by atoms with Crippen molar-refractivity contribution in [2.45, 2.75) is 46.5 Å². The monoisotopic (exact) mass is 419 g/mol. The van der Waals surface area contributed by atoms with Crippen LogP contribution in [0.2, 0.25) is 0 Å². The summed E-state index contributed by atoms with van der Waals surface area (Å²) in [5, 5.41) is 7.73. The maximum atomic E-state index is 4.58. The Labute approximate surface area is 185 Å². The fraction of sp³-hybridized carbons (Fsp3) is 0.400. The lowest BCUT2D eigenvalue weighted by Gasteiger charge is -2.08. The number of aliphatic imine (C=N–C) groups is 1. The molecule has 164 valence electrons. The number of nitrogens with zero attached hydrogens (tertiary/aromatic N) is 4. The van der Waals surface area contributed by atoms with Crippen molar-refractivity contribution in [3.8, 4) is 11.3 Å². The number of aryl methyl sites for hydroxylation is 2. The number of guanidine groups is 1. The molecule has 2 heterocycles. The minimum Gasteiger partial charge on any atom is -0.355 e. The van der Waals surface area contributed by atoms with E-state index in [2.05, 4.69) is 106 Å². The van der Waals surface area contributed by atoms with Crippen LogP contribution in [-0.2, 0) is 7.05 Å². The van der Waals surface area contributed by atoms with Gasteiger partial charge in [-0.3, -0.25) is 4.99 Å². The van der Waals surface area contributed by atoms with Gasteiger partial charge in [0.15, 0.2) is 5.69 Å². The van der Waals surface area contributed by atoms with Crippen molar-refractivity contribution in [2.24, 2.45) is 17.1 Å². The lowest BCUT2D eigenvalue weighted by atomic mass is 10.1. The summed E-state index contributed by atoms with van der Waals surface area (Å²) in [5.41, 5.74) is 8.90. The van der Waals surface area contributed by atoms with Crippen LogP contribution < -0.4 is 15.1 Å². The van der Waals surface area contributed by atoms with Gasteiger partial charge in [0.05, 0.1) is 19.5 Å². The molecule has 3 aromatic rings. The van der Waals surface area contributed by atoms with E-state index in [-0.39, 0.29) is 0 Å². The number of hydrogen-bond donors (Lipinski definition) is 2. The van der Waals surface area contributed by atoms with Crippen LogP contribution in [0.1, 0.15) is 50.7 Å². The second-order valence-electron chi connectivity index (χ2n) is 7.90. The van der Waals surface area contributed by atoms with Gasteiger partial charge in [-0.1, -0.05) is 38.8 Å². The van der Waals surface area contributed by atoms with Crippen LogP contribution in [0.5, 0.6) is 0 Å². The summed E-state index contributed by atoms with van der Waals surface area (Å²) in [6.45, 7) is 8.19. The highest BCUT2D eigenvalue weighted by Gasteiger charge is 2.15. The minimum atomic E-state index is 0.748. The average Bonchev–Trinajstić information content (AvgIpc) is 3.10. The number of rotatable bonds is 9. The third-order valence-corrected chi connectivity index (χ3v) is 5.28. The molecule has 0 aliphatic rings. The minimum absolute atomic E-state index is 0.748. The van der Waals surface area contributed by atoms with Crippen molar-refractivity contribution in [3.05, 3.63) is 59.9 Å². The van der Waals surface area contributed by atoms with Crippen molar-refractivity contribution < 1.29 is 4.40 Å². The molecule has 0 bridgehead atoms. The van der Waals surface area contributed by atoms with Gasteiger partial charge < -0.3 is 5.32 Å². The van der Waals surface area contributed by atoms with E-state index in [9.17, 15) is 0 Å². The predicted octanol–water partition coefficient (Wildman–Crippen LogP) is 4.21. The lowest BCUT2D eigenvalue weighted by Crippen LogP contribution is -2.35. The number of fused-ring (bicyclic) bond motifs is 1. The highest BCUT2D eigenvalue weighted by molar-refractivity contribution is 5.84. The summed E-state index contributed by atoms with van der Waals surface area (Å²) in [6, 6.07) is 12.8. The van der Waals surface area contributed by atoms with E-state index in [1.165, 1.54) is 22.5 Å². The van der Waals surface area contributed by atoms with Crippen LogP contribution >= 0.6 is 0 Å². The molecule has 1 aromatic carbocycles. The Balaban J connectivity index is 1.67. The highest BCUT2D eigenvalue weighted by atomic mass is 15.4. The first kappa shape index (κ1) is 22.5. The van der Waals surface area contributed by atoms with Crippen LogP contribution in [0.3, 0.4) is 0 Å². The van der Waals surface area contributed by atoms with E-state index in [1.807, 2.05) is 6.21 Å². The van der Waals surface area contributed by atoms with Gasteiger partial charge in [0.2, 0.25) is 5.96 Å². The van der Waals surface area contributed by atoms with Crippen molar-refractivity contribution in [1.82, 2.24) is 15.3 Å². The summed E-state index contributed by atoms with van der Waals surface area (Å²) in [5.74, 6) is 0.748. The quantitative estimate of drug-likeness (QED) is 0.179. The second-order valence-corrected chi connectivity index (χ2v) is 7.90. The first-order chi connectivity index (χ1) is 15.1. The van der Waals surface area contributed by atoms with Crippen LogP contribution in [0, 0.1) is 6.92 Å². The molecule has 0 saturated carbocycles. The topological polar surface area (TPSA) is 57.8 Å². The first-order valence-corrected chi connectivity index (χ1v) is 11.3. The van der Waals surface area contributed by atoms with Crippen LogP contribution in [0.15, 0.2) is 58.9 Å². The molecule has 0 spiro atoms. The number of imidazole rings is 1. The van der Waals surface area contributed by atoms with Crippen LogP contribution in [0.25, 0.3) is 16.9 Å². The number of hydrazone groups is 1. The Morgan fingerprint density at radius 1 is 1.10 bits per heavy atom. The molecule has 2 aromatic heterocycles. The fourth-order valence-corrected chi connectivity index (χ4v) is 3.36. The lowest BCUT2D eigenvalue weighted by molar-refractivity contribution is -0.510. The van der Waals surface area contributed by atoms with Crippen molar-refractivity contribution in [2.75, 3.05) is 13.1 Å². The normalized spacial score (nSPS) is 12.1. The summed E-state index contributed by atoms with van der Waals surface area (Å²) in [6.07, 6.45) is 10.6. The van der Waals surface area contributed by atoms with Gasteiger partial charge in [0.1, 0.15) is 6.20 Å². The molecule has 0 saturated heterocycles. The third kappa shape index (κ3) is 6.17. The molecule has 6 heteroatoms. The number of nitrogens with one attached hydrogen (secondary N) is 2. The summed E-state index contributed by atoms with van der Waals surface area (Å²) in [4.78, 5) is 4.58. The number of hydrogen-bond acceptors (Lipinski definition) is 2. The summed E-state index contributed by atoms with van der Waals surface area (Å²) >= 11 is 0. The zero-order valence-electron chi connectivity index (χ0n) is 19.2. The maximum absolute atomic E-state index is 4.58. The van der Waals surface area contributed by atoms with Gasteiger partial charge >= 0.3 is 0 Å². The van der Waals surface area contributed by atoms with Crippen molar-refractivity contribution >= 4 is 17.8 Å². The van der Waals surface area contributed by atoms with Gasteiger partial charge in [-0.05, 0) is 49.1 Å². The Morgan fingerprint density at radius 3 is 2.61 bits per heavy atom. The summed E-state index contributed by atoms with van der Waals surface area (Å²) < 4.78 is 4.38. The highest BCUT2D eigenvalue weighted by Crippen LogP contribution is 2.20. The van der Waals surface area contributed by atoms with E-state index in [0.717, 1.165) is 50.3 Å². The number of benzene rings is 1. The molecular formula is C25H35N6+. The fourth-order valence-electron chi connectivity index (χ4n) is 3.36. The zero-order valence-corrected chi connectivity index (χ0v) is 19.2. The summed E-state index contributed by atoms with van der Waals surface area (Å²) in [7, 11) is 2.11. The molecule has 2 N–H and O–H groups in total. The molecule has 0 amide bonds. The number of aromatic nitrogens is 2. The average molecular weight is 420 g/mol. The number of pyridine rings is 1. The van der Waals surface area contributed by atoms with Gasteiger partial charge in [-0.25, -0.2) is 14.4 Å². The Morgan fingerprint density at radius 2 is 1.87 bits per heavy atom. The largest absolute Gasteiger partial charge is 0.355 e. The smallest absolute Gasteiger partial charge is 0.286 e. The molecular weight excluding hydrogens is 384 g/mol. The standard InChI is InChI=1S/C25H35N6/c1-5-7-14-26-25(27-15-8-6-2)29-28-18-21-9-11-22(12-10-21)23-19-31-16-13-20(3)17-24(31)30(23)4/h9-13,16-19H,5-8,14-15H2,1-4H3,(H2,26,27,29)/q+1/b28-18+. The maximum Gasteiger partial charge on any atom is 0.286 e. The van der Waals surface area contributed by atoms with Gasteiger partial charge in [-0.15, -0.1) is 0 Å². The molecule has 0 aliphatic carbocycles. The van der Waals surface area contributed by atoms with Gasteiger partial charge in [-0.2, -0.15) is 5.10 Å². The van der Waals surface area contributed by atoms with Gasteiger partial charge in [0, 0.05) is 24.7 Å². The van der Waals surface area contributed by atoms with Crippen LogP contribution in [-0.4, -0.2) is 29.8 Å². The number of unbranched alkanes of at least 4 members (excludes halogenated alkanes) is 2. The van der Waals surface area contributed by atoms with E-state index < -0.39 is 0 Å². The molecule has 6 nitrogen and oxygen atoms in total. The van der Waals surface area contributed by atoms with E-state index >= 15 is 0 Å². The molecule has 0 aliphatic heterocycles. The second kappa shape index (κ2) is 11.3.